The van der Waals surface area contributed by atoms with Gasteiger partial charge >= 0.3 is 0 Å². The molecule has 0 unspecified atom stereocenters. The van der Waals surface area contributed by atoms with Gasteiger partial charge in [0.25, 0.3) is 0 Å². The molecule has 1 aromatic carbocycles. The van der Waals surface area contributed by atoms with E-state index in [1.165, 1.54) is 18.2 Å². The number of hydrogen-bond acceptors (Lipinski definition) is 1. The Bertz CT molecular complexity index is 259. The van der Waals surface area contributed by atoms with E-state index in [2.05, 4.69) is 6.07 Å². The number of hydrogen-bond donors (Lipinski definition) is 0. The number of benzene rings is 1. The number of rotatable bonds is 0. The second-order valence-electron chi connectivity index (χ2n) is 1.50. The predicted octanol–water partition coefficient (Wildman–Crippen LogP) is -1.50. The van der Waals surface area contributed by atoms with Crippen molar-refractivity contribution in [2.75, 3.05) is 0 Å². The molecule has 0 spiro atoms. The van der Waals surface area contributed by atoms with E-state index in [9.17, 15) is 4.39 Å². The van der Waals surface area contributed by atoms with Crippen molar-refractivity contribution in [2.45, 2.75) is 0 Å². The summed E-state index contributed by atoms with van der Waals surface area (Å²) in [4.78, 5) is 0. The predicted molar refractivity (Wildman–Crippen MR) is 30.0 cm³/mol. The van der Waals surface area contributed by atoms with E-state index in [1.54, 1.807) is 6.07 Å². The molecule has 0 aliphatic heterocycles. The second kappa shape index (κ2) is 6.69. The minimum Gasteiger partial charge on any atom is -1.00 e. The Kier molecular flexibility index (Phi) is 8.25. The molecule has 1 rings (SSSR count). The van der Waals surface area contributed by atoms with E-state index in [-0.39, 0.29) is 49.0 Å². The molecule has 0 atom stereocenters. The monoisotopic (exact) mass is 311 g/mol. The fourth-order valence-electron chi connectivity index (χ4n) is 0.502. The summed E-state index contributed by atoms with van der Waals surface area (Å²) in [5, 5.41) is 8.20. The van der Waals surface area contributed by atoms with Crippen molar-refractivity contribution in [1.82, 2.24) is 0 Å². The molecule has 0 aliphatic carbocycles. The zero-order chi connectivity index (χ0) is 6.69. The third kappa shape index (κ3) is 3.78. The zero-order valence-electron chi connectivity index (χ0n) is 5.64. The maximum absolute atomic E-state index is 12.3. The van der Waals surface area contributed by atoms with Gasteiger partial charge in [-0.3, -0.25) is 0 Å². The second-order valence-corrected chi connectivity index (χ2v) is 1.50. The molecular weight excluding hydrogens is 309 g/mol. The van der Waals surface area contributed by atoms with Gasteiger partial charge in [-0.15, -0.1) is 0 Å². The van der Waals surface area contributed by atoms with Gasteiger partial charge in [-0.1, -0.05) is 12.1 Å². The quantitative estimate of drug-likeness (QED) is 0.423. The van der Waals surface area contributed by atoms with Crippen LogP contribution in [0.2, 0.25) is 0 Å². The Morgan fingerprint density at radius 2 is 2.18 bits per heavy atom. The molecule has 0 aliphatic rings. The minimum atomic E-state index is -0.514. The van der Waals surface area contributed by atoms with Crippen LogP contribution >= 0.6 is 0 Å². The first kappa shape index (κ1) is 13.6. The van der Waals surface area contributed by atoms with Crippen LogP contribution in [0, 0.1) is 23.2 Å². The van der Waals surface area contributed by atoms with Crippen LogP contribution in [0.3, 0.4) is 0 Å². The standard InChI is InChI=1S/C7H3FN.HI.Zn/c8-7-4-2-1-3-6(7)5-9;;/h1-2,4H;1H;/p-1. The van der Waals surface area contributed by atoms with Gasteiger partial charge in [0.05, 0.1) is 5.56 Å². The van der Waals surface area contributed by atoms with E-state index in [0.29, 0.717) is 0 Å². The summed E-state index contributed by atoms with van der Waals surface area (Å²) in [5.74, 6) is -0.514. The number of halogens is 2. The summed E-state index contributed by atoms with van der Waals surface area (Å²) in [6, 6.07) is 8.34. The maximum Gasteiger partial charge on any atom is 0.141 e. The number of nitriles is 1. The van der Waals surface area contributed by atoms with Crippen LogP contribution < -0.4 is 24.0 Å². The molecule has 11 heavy (non-hydrogen) atoms. The van der Waals surface area contributed by atoms with E-state index in [4.69, 9.17) is 5.26 Å². The first-order chi connectivity index (χ1) is 4.34. The Hall–Kier alpha value is -0.00662. The summed E-state index contributed by atoms with van der Waals surface area (Å²) >= 11 is 0. The third-order valence-corrected chi connectivity index (χ3v) is 0.917. The minimum absolute atomic E-state index is 0. The average Bonchev–Trinajstić information content (AvgIpc) is 1.89. The summed E-state index contributed by atoms with van der Waals surface area (Å²) < 4.78 is 12.3. The fourth-order valence-corrected chi connectivity index (χ4v) is 0.502. The fraction of sp³-hybridized carbons (Fsp3) is 0. The summed E-state index contributed by atoms with van der Waals surface area (Å²) in [6.07, 6.45) is 0. The van der Waals surface area contributed by atoms with E-state index in [1.807, 2.05) is 0 Å². The first-order valence-corrected chi connectivity index (χ1v) is 2.41. The molecule has 1 nitrogen and oxygen atoms in total. The van der Waals surface area contributed by atoms with E-state index >= 15 is 0 Å². The van der Waals surface area contributed by atoms with Gasteiger partial charge < -0.3 is 24.0 Å². The van der Waals surface area contributed by atoms with E-state index < -0.39 is 5.82 Å². The van der Waals surface area contributed by atoms with Gasteiger partial charge in [0.15, 0.2) is 0 Å². The molecule has 53 valence electrons. The van der Waals surface area contributed by atoms with Crippen molar-refractivity contribution < 1.29 is 47.8 Å². The maximum atomic E-state index is 12.3. The zero-order valence-corrected chi connectivity index (χ0v) is 10.8. The van der Waals surface area contributed by atoms with Crippen LogP contribution in [0.4, 0.5) is 4.39 Å². The van der Waals surface area contributed by atoms with Gasteiger partial charge in [0, 0.05) is 25.5 Å². The molecule has 4 heteroatoms. The van der Waals surface area contributed by atoms with Crippen molar-refractivity contribution in [1.29, 1.82) is 5.26 Å². The van der Waals surface area contributed by atoms with Crippen molar-refractivity contribution in [3.05, 3.63) is 35.6 Å². The van der Waals surface area contributed by atoms with Crippen molar-refractivity contribution in [3.63, 3.8) is 0 Å². The van der Waals surface area contributed by atoms with Crippen molar-refractivity contribution in [2.24, 2.45) is 0 Å². The van der Waals surface area contributed by atoms with Crippen LogP contribution in [-0.2, 0) is 19.5 Å². The van der Waals surface area contributed by atoms with E-state index in [0.717, 1.165) is 0 Å². The van der Waals surface area contributed by atoms with Gasteiger partial charge in [-0.05, 0) is 6.07 Å². The molecule has 0 N–H and O–H groups in total. The summed E-state index contributed by atoms with van der Waals surface area (Å²) in [5.41, 5.74) is -0.0301. The van der Waals surface area contributed by atoms with Crippen LogP contribution in [0.25, 0.3) is 0 Å². The van der Waals surface area contributed by atoms with Crippen LogP contribution in [0.1, 0.15) is 5.56 Å². The molecule has 1 aromatic rings. The number of nitrogens with zero attached hydrogens (tertiary/aromatic N) is 1. The molecule has 0 heterocycles. The topological polar surface area (TPSA) is 23.8 Å². The van der Waals surface area contributed by atoms with Gasteiger partial charge in [0.1, 0.15) is 11.9 Å². The Morgan fingerprint density at radius 3 is 2.55 bits per heavy atom. The smallest absolute Gasteiger partial charge is 0.141 e. The Balaban J connectivity index is 0. The SMILES string of the molecule is N#Cc1[c]cccc1F.[I-].[Zn]. The molecule has 0 saturated heterocycles. The molecular formula is C7H3FINZn-. The molecule has 0 amide bonds. The molecule has 1 radical (unpaired) electrons. The Morgan fingerprint density at radius 1 is 1.55 bits per heavy atom. The van der Waals surface area contributed by atoms with Crippen molar-refractivity contribution in [3.8, 4) is 6.07 Å². The molecule has 0 bridgehead atoms. The third-order valence-electron chi connectivity index (χ3n) is 0.917. The van der Waals surface area contributed by atoms with Gasteiger partial charge in [-0.25, -0.2) is 4.39 Å². The van der Waals surface area contributed by atoms with Crippen LogP contribution in [0.5, 0.6) is 0 Å². The average molecular weight is 312 g/mol. The van der Waals surface area contributed by atoms with Gasteiger partial charge in [0.2, 0.25) is 0 Å². The largest absolute Gasteiger partial charge is 1.00 e. The Labute approximate surface area is 94.4 Å². The molecule has 0 fully saturated rings. The first-order valence-electron chi connectivity index (χ1n) is 2.41. The van der Waals surface area contributed by atoms with Crippen LogP contribution in [0.15, 0.2) is 18.2 Å². The van der Waals surface area contributed by atoms with Crippen LogP contribution in [-0.4, -0.2) is 0 Å². The summed E-state index contributed by atoms with van der Waals surface area (Å²) in [7, 11) is 0. The van der Waals surface area contributed by atoms with Gasteiger partial charge in [-0.2, -0.15) is 5.26 Å². The van der Waals surface area contributed by atoms with Crippen molar-refractivity contribution >= 4 is 0 Å². The molecule has 0 aromatic heterocycles. The summed E-state index contributed by atoms with van der Waals surface area (Å²) in [6.45, 7) is 0. The molecule has 0 saturated carbocycles. The normalized spacial score (nSPS) is 6.91.